The SMILES string of the molecule is Clc1ccc(CN2CCc3ccccc32)cc1Cl. The fourth-order valence-corrected chi connectivity index (χ4v) is 2.75. The van der Waals surface area contributed by atoms with Crippen molar-refractivity contribution in [2.75, 3.05) is 11.4 Å². The van der Waals surface area contributed by atoms with E-state index in [2.05, 4.69) is 29.2 Å². The summed E-state index contributed by atoms with van der Waals surface area (Å²) in [5.74, 6) is 0. The van der Waals surface area contributed by atoms with Crippen LogP contribution >= 0.6 is 23.2 Å². The first-order valence-corrected chi connectivity index (χ1v) is 6.76. The van der Waals surface area contributed by atoms with E-state index in [1.807, 2.05) is 18.2 Å². The lowest BCUT2D eigenvalue weighted by Gasteiger charge is -2.19. The van der Waals surface area contributed by atoms with Gasteiger partial charge in [0.1, 0.15) is 0 Å². The number of halogens is 2. The summed E-state index contributed by atoms with van der Waals surface area (Å²) in [5.41, 5.74) is 3.96. The van der Waals surface area contributed by atoms with E-state index in [4.69, 9.17) is 23.2 Å². The van der Waals surface area contributed by atoms with E-state index in [0.29, 0.717) is 10.0 Å². The van der Waals surface area contributed by atoms with Crippen LogP contribution in [0.15, 0.2) is 42.5 Å². The molecule has 1 aliphatic heterocycles. The van der Waals surface area contributed by atoms with Crippen LogP contribution in [-0.2, 0) is 13.0 Å². The highest BCUT2D eigenvalue weighted by molar-refractivity contribution is 6.42. The van der Waals surface area contributed by atoms with Gasteiger partial charge in [0.2, 0.25) is 0 Å². The molecule has 0 amide bonds. The molecule has 1 nitrogen and oxygen atoms in total. The van der Waals surface area contributed by atoms with Gasteiger partial charge in [0.25, 0.3) is 0 Å². The highest BCUT2D eigenvalue weighted by Crippen LogP contribution is 2.30. The number of rotatable bonds is 2. The predicted octanol–water partition coefficient (Wildman–Crippen LogP) is 4.56. The second-order valence-corrected chi connectivity index (χ2v) is 5.36. The highest BCUT2D eigenvalue weighted by Gasteiger charge is 2.18. The Morgan fingerprint density at radius 3 is 2.67 bits per heavy atom. The minimum Gasteiger partial charge on any atom is -0.367 e. The van der Waals surface area contributed by atoms with Crippen LogP contribution in [0.25, 0.3) is 0 Å². The molecule has 3 rings (SSSR count). The monoisotopic (exact) mass is 277 g/mol. The van der Waals surface area contributed by atoms with Crippen molar-refractivity contribution >= 4 is 28.9 Å². The summed E-state index contributed by atoms with van der Waals surface area (Å²) in [4.78, 5) is 2.38. The maximum absolute atomic E-state index is 6.05. The molecule has 0 fully saturated rings. The van der Waals surface area contributed by atoms with Gasteiger partial charge < -0.3 is 4.90 Å². The first kappa shape index (κ1) is 11.9. The van der Waals surface area contributed by atoms with Gasteiger partial charge in [-0.15, -0.1) is 0 Å². The molecule has 2 aromatic carbocycles. The third-order valence-corrected chi connectivity index (χ3v) is 4.08. The van der Waals surface area contributed by atoms with Crippen LogP contribution in [0.5, 0.6) is 0 Å². The lowest BCUT2D eigenvalue weighted by Crippen LogP contribution is -2.19. The maximum atomic E-state index is 6.05. The third kappa shape index (κ3) is 2.21. The molecule has 0 atom stereocenters. The van der Waals surface area contributed by atoms with E-state index in [1.165, 1.54) is 16.8 Å². The van der Waals surface area contributed by atoms with Gasteiger partial charge in [0, 0.05) is 18.8 Å². The van der Waals surface area contributed by atoms with Gasteiger partial charge in [-0.25, -0.2) is 0 Å². The molecular formula is C15H13Cl2N. The van der Waals surface area contributed by atoms with Gasteiger partial charge in [0.15, 0.2) is 0 Å². The normalized spacial score (nSPS) is 13.8. The van der Waals surface area contributed by atoms with Gasteiger partial charge >= 0.3 is 0 Å². The Kier molecular flexibility index (Phi) is 3.19. The number of fused-ring (bicyclic) bond motifs is 1. The summed E-state index contributed by atoms with van der Waals surface area (Å²) in [6.07, 6.45) is 1.12. The molecule has 92 valence electrons. The van der Waals surface area contributed by atoms with Gasteiger partial charge in [-0.3, -0.25) is 0 Å². The Bertz CT molecular complexity index is 580. The van der Waals surface area contributed by atoms with Crippen molar-refractivity contribution in [2.45, 2.75) is 13.0 Å². The number of para-hydroxylation sites is 1. The Labute approximate surface area is 117 Å². The van der Waals surface area contributed by atoms with E-state index in [1.54, 1.807) is 0 Å². The molecule has 0 radical (unpaired) electrons. The molecule has 18 heavy (non-hydrogen) atoms. The van der Waals surface area contributed by atoms with Crippen LogP contribution in [-0.4, -0.2) is 6.54 Å². The van der Waals surface area contributed by atoms with Gasteiger partial charge in [-0.1, -0.05) is 47.5 Å². The zero-order valence-corrected chi connectivity index (χ0v) is 11.4. The van der Waals surface area contributed by atoms with Crippen molar-refractivity contribution in [3.63, 3.8) is 0 Å². The Morgan fingerprint density at radius 1 is 1.00 bits per heavy atom. The van der Waals surface area contributed by atoms with Crippen molar-refractivity contribution in [1.82, 2.24) is 0 Å². The van der Waals surface area contributed by atoms with Crippen molar-refractivity contribution in [3.8, 4) is 0 Å². The number of anilines is 1. The number of nitrogens with zero attached hydrogens (tertiary/aromatic N) is 1. The zero-order valence-electron chi connectivity index (χ0n) is 9.87. The fraction of sp³-hybridized carbons (Fsp3) is 0.200. The Hall–Kier alpha value is -1.18. The zero-order chi connectivity index (χ0) is 12.5. The van der Waals surface area contributed by atoms with Crippen molar-refractivity contribution in [1.29, 1.82) is 0 Å². The average molecular weight is 278 g/mol. The quantitative estimate of drug-likeness (QED) is 0.778. The van der Waals surface area contributed by atoms with Gasteiger partial charge in [-0.2, -0.15) is 0 Å². The molecule has 0 spiro atoms. The summed E-state index contributed by atoms with van der Waals surface area (Å²) in [6, 6.07) is 14.4. The molecule has 2 aromatic rings. The molecule has 3 heteroatoms. The van der Waals surface area contributed by atoms with E-state index in [-0.39, 0.29) is 0 Å². The minimum atomic E-state index is 0.613. The average Bonchev–Trinajstić information content (AvgIpc) is 2.78. The smallest absolute Gasteiger partial charge is 0.0595 e. The standard InChI is InChI=1S/C15H13Cl2N/c16-13-6-5-11(9-14(13)17)10-18-8-7-12-3-1-2-4-15(12)18/h1-6,9H,7-8,10H2. The van der Waals surface area contributed by atoms with Crippen LogP contribution < -0.4 is 4.90 Å². The first-order chi connectivity index (χ1) is 8.74. The first-order valence-electron chi connectivity index (χ1n) is 6.01. The molecule has 0 N–H and O–H groups in total. The predicted molar refractivity (Wildman–Crippen MR) is 77.7 cm³/mol. The topological polar surface area (TPSA) is 3.24 Å². The van der Waals surface area contributed by atoms with E-state index >= 15 is 0 Å². The summed E-state index contributed by atoms with van der Waals surface area (Å²) >= 11 is 12.0. The maximum Gasteiger partial charge on any atom is 0.0595 e. The molecule has 0 aliphatic carbocycles. The molecule has 0 aromatic heterocycles. The lowest BCUT2D eigenvalue weighted by atomic mass is 10.1. The molecule has 0 saturated carbocycles. The summed E-state index contributed by atoms with van der Waals surface area (Å²) in [7, 11) is 0. The van der Waals surface area contributed by atoms with E-state index < -0.39 is 0 Å². The second-order valence-electron chi connectivity index (χ2n) is 4.55. The third-order valence-electron chi connectivity index (χ3n) is 3.34. The largest absolute Gasteiger partial charge is 0.367 e. The van der Waals surface area contributed by atoms with Crippen molar-refractivity contribution in [2.24, 2.45) is 0 Å². The van der Waals surface area contributed by atoms with E-state index in [0.717, 1.165) is 19.5 Å². The van der Waals surface area contributed by atoms with Crippen molar-refractivity contribution < 1.29 is 0 Å². The lowest BCUT2D eigenvalue weighted by molar-refractivity contribution is 0.836. The molecule has 0 unspecified atom stereocenters. The van der Waals surface area contributed by atoms with Crippen LogP contribution in [0.3, 0.4) is 0 Å². The molecular weight excluding hydrogens is 265 g/mol. The highest BCUT2D eigenvalue weighted by atomic mass is 35.5. The molecule has 0 bridgehead atoms. The van der Waals surface area contributed by atoms with Crippen LogP contribution in [0.1, 0.15) is 11.1 Å². The molecule has 0 saturated heterocycles. The molecule has 1 aliphatic rings. The summed E-state index contributed by atoms with van der Waals surface area (Å²) < 4.78 is 0. The summed E-state index contributed by atoms with van der Waals surface area (Å²) in [6.45, 7) is 1.95. The number of benzene rings is 2. The summed E-state index contributed by atoms with van der Waals surface area (Å²) in [5, 5.41) is 1.24. The Morgan fingerprint density at radius 2 is 1.83 bits per heavy atom. The minimum absolute atomic E-state index is 0.613. The van der Waals surface area contributed by atoms with Crippen LogP contribution in [0.4, 0.5) is 5.69 Å². The fourth-order valence-electron chi connectivity index (χ4n) is 2.43. The number of hydrogen-bond acceptors (Lipinski definition) is 1. The van der Waals surface area contributed by atoms with E-state index in [9.17, 15) is 0 Å². The van der Waals surface area contributed by atoms with Gasteiger partial charge in [-0.05, 0) is 35.7 Å². The number of hydrogen-bond donors (Lipinski definition) is 0. The van der Waals surface area contributed by atoms with Crippen molar-refractivity contribution in [3.05, 3.63) is 63.6 Å². The van der Waals surface area contributed by atoms with Crippen LogP contribution in [0, 0.1) is 0 Å². The Balaban J connectivity index is 1.84. The molecule has 1 heterocycles. The second kappa shape index (κ2) is 4.83. The van der Waals surface area contributed by atoms with Crippen LogP contribution in [0.2, 0.25) is 10.0 Å². The van der Waals surface area contributed by atoms with Gasteiger partial charge in [0.05, 0.1) is 10.0 Å².